The monoisotopic (exact) mass is 357 g/mol. The van der Waals surface area contributed by atoms with Crippen LogP contribution >= 0.6 is 12.4 Å². The van der Waals surface area contributed by atoms with Gasteiger partial charge in [0.15, 0.2) is 0 Å². The highest BCUT2D eigenvalue weighted by molar-refractivity contribution is 7.87. The first kappa shape index (κ1) is 19.9. The molecule has 0 aliphatic rings. The van der Waals surface area contributed by atoms with Crippen LogP contribution in [0.5, 0.6) is 0 Å². The van der Waals surface area contributed by atoms with Crippen LogP contribution in [0.3, 0.4) is 0 Å². The molecule has 2 rings (SSSR count). The van der Waals surface area contributed by atoms with E-state index in [-0.39, 0.29) is 25.0 Å². The summed E-state index contributed by atoms with van der Waals surface area (Å²) < 4.78 is 28.7. The Morgan fingerprint density at radius 1 is 1.13 bits per heavy atom. The van der Waals surface area contributed by atoms with E-state index < -0.39 is 16.3 Å². The summed E-state index contributed by atoms with van der Waals surface area (Å²) in [6, 6.07) is 13.3. The molecule has 1 unspecified atom stereocenters. The third kappa shape index (κ3) is 4.65. The number of hydrogen-bond donors (Lipinski definition) is 2. The summed E-state index contributed by atoms with van der Waals surface area (Å²) in [6.45, 7) is 3.85. The Labute approximate surface area is 144 Å². The molecule has 0 aliphatic heterocycles. The first-order valence-electron chi connectivity index (χ1n) is 7.29. The molecule has 0 aliphatic carbocycles. The summed E-state index contributed by atoms with van der Waals surface area (Å²) in [7, 11) is -2.01. The van der Waals surface area contributed by atoms with Gasteiger partial charge in [-0.15, -0.1) is 12.4 Å². The number of nitrogens with one attached hydrogen (secondary N) is 1. The van der Waals surface area contributed by atoms with Crippen molar-refractivity contribution in [1.82, 2.24) is 9.03 Å². The maximum absolute atomic E-state index is 12.3. The van der Waals surface area contributed by atoms with Crippen molar-refractivity contribution in [1.29, 1.82) is 0 Å². The fraction of sp³-hybridized carbons (Fsp3) is 0.375. The van der Waals surface area contributed by atoms with Crippen LogP contribution in [0.25, 0.3) is 10.8 Å². The van der Waals surface area contributed by atoms with E-state index in [4.69, 9.17) is 5.73 Å². The van der Waals surface area contributed by atoms with Crippen LogP contribution in [-0.2, 0) is 10.2 Å². The molecule has 0 spiro atoms. The van der Waals surface area contributed by atoms with Gasteiger partial charge in [0.2, 0.25) is 0 Å². The number of halogens is 1. The molecular weight excluding hydrogens is 334 g/mol. The van der Waals surface area contributed by atoms with Gasteiger partial charge in [-0.1, -0.05) is 36.4 Å². The van der Waals surface area contributed by atoms with Crippen molar-refractivity contribution >= 4 is 33.4 Å². The molecule has 0 fully saturated rings. The molecule has 1 atom stereocenters. The van der Waals surface area contributed by atoms with Gasteiger partial charge in [0, 0.05) is 19.6 Å². The van der Waals surface area contributed by atoms with Crippen molar-refractivity contribution < 1.29 is 8.42 Å². The maximum atomic E-state index is 12.3. The van der Waals surface area contributed by atoms with E-state index in [2.05, 4.69) is 4.72 Å². The minimum Gasteiger partial charge on any atom is -0.329 e. The van der Waals surface area contributed by atoms with Crippen LogP contribution < -0.4 is 10.5 Å². The molecule has 2 aromatic rings. The standard InChI is InChI=1S/C16H23N3O2S.ClH/c1-12(2)19(3)22(20,21)18-16(11-17)15-9-8-13-6-4-5-7-14(13)10-15;/h4-10,12,16,18H,11,17H2,1-3H3;1H. The molecule has 23 heavy (non-hydrogen) atoms. The Kier molecular flexibility index (Phi) is 6.98. The van der Waals surface area contributed by atoms with E-state index in [1.165, 1.54) is 4.31 Å². The lowest BCUT2D eigenvalue weighted by Crippen LogP contribution is -2.44. The van der Waals surface area contributed by atoms with Crippen LogP contribution in [0.4, 0.5) is 0 Å². The first-order chi connectivity index (χ1) is 10.3. The van der Waals surface area contributed by atoms with Crippen LogP contribution in [0.1, 0.15) is 25.5 Å². The fourth-order valence-electron chi connectivity index (χ4n) is 2.22. The van der Waals surface area contributed by atoms with Gasteiger partial charge in [0.25, 0.3) is 10.2 Å². The molecule has 0 radical (unpaired) electrons. The van der Waals surface area contributed by atoms with Gasteiger partial charge in [0.1, 0.15) is 0 Å². The Bertz CT molecular complexity index is 750. The summed E-state index contributed by atoms with van der Waals surface area (Å²) in [6.07, 6.45) is 0. The SMILES string of the molecule is CC(C)N(C)S(=O)(=O)NC(CN)c1ccc2ccccc2c1.Cl. The van der Waals surface area contributed by atoms with Gasteiger partial charge >= 0.3 is 0 Å². The predicted octanol–water partition coefficient (Wildman–Crippen LogP) is 2.44. The molecule has 0 saturated heterocycles. The summed E-state index contributed by atoms with van der Waals surface area (Å²) in [5.74, 6) is 0. The number of rotatable bonds is 6. The van der Waals surface area contributed by atoms with Crippen molar-refractivity contribution in [3.63, 3.8) is 0 Å². The summed E-state index contributed by atoms with van der Waals surface area (Å²) in [5.41, 5.74) is 6.65. The fourth-order valence-corrected chi connectivity index (χ4v) is 3.53. The third-order valence-electron chi connectivity index (χ3n) is 3.81. The Morgan fingerprint density at radius 3 is 2.30 bits per heavy atom. The smallest absolute Gasteiger partial charge is 0.280 e. The minimum atomic E-state index is -3.57. The van der Waals surface area contributed by atoms with Crippen LogP contribution in [0.15, 0.2) is 42.5 Å². The maximum Gasteiger partial charge on any atom is 0.280 e. The lowest BCUT2D eigenvalue weighted by Gasteiger charge is -2.25. The molecule has 0 heterocycles. The third-order valence-corrected chi connectivity index (χ3v) is 5.57. The highest BCUT2D eigenvalue weighted by Crippen LogP contribution is 2.21. The zero-order chi connectivity index (χ0) is 16.3. The molecule has 3 N–H and O–H groups in total. The first-order valence-corrected chi connectivity index (χ1v) is 8.73. The van der Waals surface area contributed by atoms with Crippen molar-refractivity contribution in [2.45, 2.75) is 25.9 Å². The normalized spacial score (nSPS) is 13.3. The Morgan fingerprint density at radius 2 is 1.74 bits per heavy atom. The van der Waals surface area contributed by atoms with Gasteiger partial charge in [-0.25, -0.2) is 0 Å². The molecule has 7 heteroatoms. The minimum absolute atomic E-state index is 0. The molecule has 0 saturated carbocycles. The van der Waals surface area contributed by atoms with Crippen molar-refractivity contribution in [3.8, 4) is 0 Å². The average Bonchev–Trinajstić information content (AvgIpc) is 2.51. The van der Waals surface area contributed by atoms with Gasteiger partial charge < -0.3 is 5.73 Å². The van der Waals surface area contributed by atoms with Gasteiger partial charge in [0.05, 0.1) is 6.04 Å². The number of nitrogens with zero attached hydrogens (tertiary/aromatic N) is 1. The molecule has 2 aromatic carbocycles. The zero-order valence-corrected chi connectivity index (χ0v) is 15.2. The zero-order valence-electron chi connectivity index (χ0n) is 13.6. The molecule has 0 bridgehead atoms. The second-order valence-corrected chi connectivity index (χ2v) is 7.39. The number of fused-ring (bicyclic) bond motifs is 1. The van der Waals surface area contributed by atoms with Crippen LogP contribution in [0, 0.1) is 0 Å². The van der Waals surface area contributed by atoms with E-state index in [0.29, 0.717) is 0 Å². The quantitative estimate of drug-likeness (QED) is 0.833. The second kappa shape index (κ2) is 8.08. The molecule has 0 amide bonds. The summed E-state index contributed by atoms with van der Waals surface area (Å²) in [5, 5.41) is 2.18. The topological polar surface area (TPSA) is 75.4 Å². The van der Waals surface area contributed by atoms with E-state index in [1.54, 1.807) is 7.05 Å². The van der Waals surface area contributed by atoms with Gasteiger partial charge in [-0.3, -0.25) is 0 Å². The van der Waals surface area contributed by atoms with E-state index in [0.717, 1.165) is 16.3 Å². The largest absolute Gasteiger partial charge is 0.329 e. The van der Waals surface area contributed by atoms with Crippen molar-refractivity contribution in [2.24, 2.45) is 5.73 Å². The van der Waals surface area contributed by atoms with E-state index in [9.17, 15) is 8.42 Å². The van der Waals surface area contributed by atoms with Crippen molar-refractivity contribution in [2.75, 3.05) is 13.6 Å². The summed E-state index contributed by atoms with van der Waals surface area (Å²) >= 11 is 0. The van der Waals surface area contributed by atoms with E-state index in [1.807, 2.05) is 56.3 Å². The second-order valence-electron chi connectivity index (χ2n) is 5.63. The molecule has 128 valence electrons. The lowest BCUT2D eigenvalue weighted by atomic mass is 10.0. The number of hydrogen-bond acceptors (Lipinski definition) is 3. The Balaban J connectivity index is 0.00000264. The highest BCUT2D eigenvalue weighted by Gasteiger charge is 2.24. The van der Waals surface area contributed by atoms with E-state index >= 15 is 0 Å². The molecular formula is C16H24ClN3O2S. The molecule has 0 aromatic heterocycles. The number of benzene rings is 2. The average molecular weight is 358 g/mol. The van der Waals surface area contributed by atoms with Crippen LogP contribution in [-0.4, -0.2) is 32.4 Å². The van der Waals surface area contributed by atoms with Gasteiger partial charge in [-0.2, -0.15) is 17.4 Å². The molecule has 5 nitrogen and oxygen atoms in total. The van der Waals surface area contributed by atoms with Gasteiger partial charge in [-0.05, 0) is 36.2 Å². The summed E-state index contributed by atoms with van der Waals surface area (Å²) in [4.78, 5) is 0. The number of nitrogens with two attached hydrogens (primary N) is 1. The lowest BCUT2D eigenvalue weighted by molar-refractivity contribution is 0.396. The Hall–Kier alpha value is -1.18. The highest BCUT2D eigenvalue weighted by atomic mass is 35.5. The van der Waals surface area contributed by atoms with Crippen LogP contribution in [0.2, 0.25) is 0 Å². The predicted molar refractivity (Wildman–Crippen MR) is 97.9 cm³/mol. The van der Waals surface area contributed by atoms with Crippen molar-refractivity contribution in [3.05, 3.63) is 48.0 Å².